The van der Waals surface area contributed by atoms with E-state index in [1.54, 1.807) is 30.1 Å². The summed E-state index contributed by atoms with van der Waals surface area (Å²) in [5, 5.41) is 14.6. The highest BCUT2D eigenvalue weighted by molar-refractivity contribution is 6.31. The molecular formula is C30H38ClN5O5. The Hall–Kier alpha value is -3.89. The number of anilines is 1. The number of carbonyl (C=O) groups excluding carboxylic acids is 2. The monoisotopic (exact) mass is 583 g/mol. The van der Waals surface area contributed by atoms with Gasteiger partial charge in [0.05, 0.1) is 29.7 Å². The molecule has 0 aliphatic carbocycles. The van der Waals surface area contributed by atoms with Gasteiger partial charge in [-0.2, -0.15) is 5.10 Å². The Labute approximate surface area is 246 Å². The molecule has 2 unspecified atom stereocenters. The van der Waals surface area contributed by atoms with Crippen LogP contribution in [-0.2, 0) is 19.1 Å². The van der Waals surface area contributed by atoms with Crippen LogP contribution in [0.1, 0.15) is 39.2 Å². The first kappa shape index (κ1) is 31.6. The molecule has 1 aliphatic heterocycles. The molecular weight excluding hydrogens is 546 g/mol. The molecule has 0 spiro atoms. The van der Waals surface area contributed by atoms with Gasteiger partial charge in [-0.25, -0.2) is 0 Å². The molecule has 0 radical (unpaired) electrons. The zero-order valence-corrected chi connectivity index (χ0v) is 24.9. The number of nitrogens with one attached hydrogen (secondary N) is 1. The number of carbonyl (C=O) groups is 2. The average Bonchev–Trinajstić information content (AvgIpc) is 2.98. The molecule has 2 aromatic rings. The average molecular weight is 584 g/mol. The van der Waals surface area contributed by atoms with Crippen LogP contribution in [0.3, 0.4) is 0 Å². The lowest BCUT2D eigenvalue weighted by Crippen LogP contribution is -2.47. The van der Waals surface area contributed by atoms with Crippen molar-refractivity contribution in [2.45, 2.75) is 45.8 Å². The van der Waals surface area contributed by atoms with Crippen molar-refractivity contribution in [3.8, 4) is 5.75 Å². The minimum atomic E-state index is -0.777. The summed E-state index contributed by atoms with van der Waals surface area (Å²) in [7, 11) is 3.69. The Balaban J connectivity index is 1.70. The van der Waals surface area contributed by atoms with E-state index >= 15 is 0 Å². The van der Waals surface area contributed by atoms with Gasteiger partial charge in [0.1, 0.15) is 24.2 Å². The number of nitrogens with zero attached hydrogens (tertiary/aromatic N) is 4. The van der Waals surface area contributed by atoms with E-state index < -0.39 is 18.1 Å². The Bertz CT molecular complexity index is 1270. The molecule has 1 aliphatic rings. The Kier molecular flexibility index (Phi) is 11.7. The summed E-state index contributed by atoms with van der Waals surface area (Å²) in [5.74, 6) is 0.266. The third kappa shape index (κ3) is 8.31. The van der Waals surface area contributed by atoms with Gasteiger partial charge in [0.25, 0.3) is 5.91 Å². The third-order valence-corrected chi connectivity index (χ3v) is 7.16. The summed E-state index contributed by atoms with van der Waals surface area (Å²) in [5.41, 5.74) is 2.20. The van der Waals surface area contributed by atoms with E-state index in [-0.39, 0.29) is 24.1 Å². The molecule has 1 N–H and O–H groups in total. The van der Waals surface area contributed by atoms with E-state index in [1.165, 1.54) is 0 Å². The van der Waals surface area contributed by atoms with Gasteiger partial charge in [-0.15, -0.1) is 5.10 Å². The summed E-state index contributed by atoms with van der Waals surface area (Å²) < 4.78 is 17.9. The first-order valence-corrected chi connectivity index (χ1v) is 13.8. The third-order valence-electron chi connectivity index (χ3n) is 6.93. The van der Waals surface area contributed by atoms with Gasteiger partial charge >= 0.3 is 0 Å². The largest absolute Gasteiger partial charge is 0.493 e. The molecule has 1 amide bonds. The number of hydrogen-bond donors (Lipinski definition) is 1. The second-order valence-electron chi connectivity index (χ2n) is 9.65. The number of amides is 1. The van der Waals surface area contributed by atoms with Crippen LogP contribution in [-0.4, -0.2) is 69.3 Å². The highest BCUT2D eigenvalue weighted by Gasteiger charge is 2.35. The molecule has 0 bridgehead atoms. The molecule has 11 heteroatoms. The van der Waals surface area contributed by atoms with E-state index in [4.69, 9.17) is 25.8 Å². The van der Waals surface area contributed by atoms with Crippen LogP contribution < -0.4 is 15.1 Å². The van der Waals surface area contributed by atoms with Crippen molar-refractivity contribution in [3.05, 3.63) is 70.5 Å². The molecule has 0 aromatic heterocycles. The molecule has 0 saturated carbocycles. The molecule has 1 fully saturated rings. The zero-order valence-electron chi connectivity index (χ0n) is 24.2. The van der Waals surface area contributed by atoms with Crippen molar-refractivity contribution >= 4 is 42.1 Å². The van der Waals surface area contributed by atoms with Crippen LogP contribution in [0, 0.1) is 5.92 Å². The number of aldehydes is 1. The maximum Gasteiger partial charge on any atom is 0.253 e. The lowest BCUT2D eigenvalue weighted by atomic mass is 9.93. The number of allylic oxidation sites excluding steroid dienone is 2. The molecule has 3 rings (SSSR count). The summed E-state index contributed by atoms with van der Waals surface area (Å²) >= 11 is 6.21. The summed E-state index contributed by atoms with van der Waals surface area (Å²) in [6.45, 7) is 9.59. The molecule has 1 heterocycles. The van der Waals surface area contributed by atoms with Gasteiger partial charge < -0.3 is 19.5 Å². The maximum atomic E-state index is 13.3. The predicted octanol–water partition coefficient (Wildman–Crippen LogP) is 4.83. The second-order valence-corrected chi connectivity index (χ2v) is 10.1. The van der Waals surface area contributed by atoms with Crippen LogP contribution in [0.5, 0.6) is 5.75 Å². The van der Waals surface area contributed by atoms with E-state index in [1.807, 2.05) is 63.3 Å². The fourth-order valence-electron chi connectivity index (χ4n) is 4.43. The topological polar surface area (TPSA) is 105 Å². The van der Waals surface area contributed by atoms with Crippen LogP contribution in [0.15, 0.2) is 70.1 Å². The van der Waals surface area contributed by atoms with E-state index in [0.717, 1.165) is 12.1 Å². The highest BCUT2D eigenvalue weighted by atomic mass is 35.5. The predicted molar refractivity (Wildman–Crippen MR) is 161 cm³/mol. The van der Waals surface area contributed by atoms with Gasteiger partial charge in [0, 0.05) is 25.8 Å². The molecule has 1 saturated heterocycles. The second kappa shape index (κ2) is 15.2. The van der Waals surface area contributed by atoms with Crippen LogP contribution in [0.25, 0.3) is 0 Å². The summed E-state index contributed by atoms with van der Waals surface area (Å²) in [4.78, 5) is 25.3. The Morgan fingerprint density at radius 1 is 1.22 bits per heavy atom. The van der Waals surface area contributed by atoms with Crippen molar-refractivity contribution in [1.82, 2.24) is 10.3 Å². The van der Waals surface area contributed by atoms with Crippen LogP contribution >= 0.6 is 11.6 Å². The number of halogens is 1. The zero-order chi connectivity index (χ0) is 29.9. The number of ether oxygens (including phenoxy) is 3. The molecule has 41 heavy (non-hydrogen) atoms. The number of hydrogen-bond acceptors (Lipinski definition) is 9. The Morgan fingerprint density at radius 2 is 1.95 bits per heavy atom. The quantitative estimate of drug-likeness (QED) is 0.125. The van der Waals surface area contributed by atoms with Crippen LogP contribution in [0.2, 0.25) is 5.02 Å². The minimum absolute atomic E-state index is 0.0651. The van der Waals surface area contributed by atoms with Crippen LogP contribution in [0.4, 0.5) is 5.69 Å². The van der Waals surface area contributed by atoms with E-state index in [2.05, 4.69) is 22.2 Å². The van der Waals surface area contributed by atoms with Crippen molar-refractivity contribution in [2.75, 3.05) is 32.3 Å². The van der Waals surface area contributed by atoms with Crippen molar-refractivity contribution < 1.29 is 23.8 Å². The van der Waals surface area contributed by atoms with Crippen molar-refractivity contribution in [1.29, 1.82) is 0 Å². The highest BCUT2D eigenvalue weighted by Crippen LogP contribution is 2.28. The molecule has 2 aromatic carbocycles. The number of benzene rings is 2. The van der Waals surface area contributed by atoms with Crippen molar-refractivity contribution in [3.63, 3.8) is 0 Å². The van der Waals surface area contributed by atoms with Gasteiger partial charge in [0.2, 0.25) is 5.90 Å². The fraction of sp³-hybridized carbons (Fsp3) is 0.400. The summed E-state index contributed by atoms with van der Waals surface area (Å²) in [6.07, 6.45) is 0.870. The normalized spacial score (nSPS) is 19.5. The van der Waals surface area contributed by atoms with E-state index in [9.17, 15) is 9.59 Å². The SMILES string of the molecule is C=N/N=C(\OCC1CC[C@H](C)C(C(=O)N/C(C=O)=C(\C)N(C)N(C)c2ccccc2)O1)c1cc(Cl)ccc1OCC. The van der Waals surface area contributed by atoms with Gasteiger partial charge in [-0.05, 0) is 62.9 Å². The molecule has 3 atom stereocenters. The lowest BCUT2D eigenvalue weighted by Gasteiger charge is -2.35. The number of rotatable bonds is 12. The molecule has 10 nitrogen and oxygen atoms in total. The first-order chi connectivity index (χ1) is 19.7. The Morgan fingerprint density at radius 3 is 2.61 bits per heavy atom. The lowest BCUT2D eigenvalue weighted by molar-refractivity contribution is -0.150. The number of para-hydroxylation sites is 1. The van der Waals surface area contributed by atoms with Gasteiger partial charge in [-0.3, -0.25) is 19.6 Å². The first-order valence-electron chi connectivity index (χ1n) is 13.4. The summed E-state index contributed by atoms with van der Waals surface area (Å²) in [6, 6.07) is 14.8. The fourth-order valence-corrected chi connectivity index (χ4v) is 4.60. The van der Waals surface area contributed by atoms with Gasteiger partial charge in [-0.1, -0.05) is 36.7 Å². The van der Waals surface area contributed by atoms with Gasteiger partial charge in [0.15, 0.2) is 6.29 Å². The number of hydrazine groups is 1. The standard InChI is InChI=1S/C30H38ClN5O5/c1-7-39-27-16-14-22(31)17-25(27)30(34-32-4)40-19-24-15-13-20(2)28(41-24)29(38)33-26(18-37)21(3)35(5)36(6)23-11-9-8-10-12-23/h8-12,14,16-18,20,24,28H,4,7,13,15,19H2,1-3,5-6H3,(H,33,38)/b26-21+,34-30-/t20-,24?,28?/m0/s1. The van der Waals surface area contributed by atoms with Crippen molar-refractivity contribution in [2.24, 2.45) is 16.1 Å². The minimum Gasteiger partial charge on any atom is -0.493 e. The maximum absolute atomic E-state index is 13.3. The smallest absolute Gasteiger partial charge is 0.253 e. The molecule has 220 valence electrons. The van der Waals surface area contributed by atoms with E-state index in [0.29, 0.717) is 41.3 Å².